The van der Waals surface area contributed by atoms with Crippen molar-refractivity contribution in [3.63, 3.8) is 0 Å². The average molecular weight is 318 g/mol. The van der Waals surface area contributed by atoms with Gasteiger partial charge in [0, 0.05) is 5.69 Å². The highest BCUT2D eigenvalue weighted by Crippen LogP contribution is 2.24. The Kier molecular flexibility index (Phi) is 4.63. The van der Waals surface area contributed by atoms with E-state index in [0.717, 1.165) is 11.1 Å². The van der Waals surface area contributed by atoms with Gasteiger partial charge in [-0.15, -0.1) is 0 Å². The minimum absolute atomic E-state index is 0.122. The van der Waals surface area contributed by atoms with Gasteiger partial charge < -0.3 is 11.1 Å². The first kappa shape index (κ1) is 16.2. The Morgan fingerprint density at radius 3 is 2.05 bits per heavy atom. The van der Waals surface area contributed by atoms with Crippen LogP contribution in [0.25, 0.3) is 0 Å². The van der Waals surface area contributed by atoms with E-state index in [0.29, 0.717) is 5.69 Å². The quantitative estimate of drug-likeness (QED) is 0.902. The number of hydrogen-bond donors (Lipinski definition) is 2. The Balaban J connectivity index is 2.35. The van der Waals surface area contributed by atoms with E-state index < -0.39 is 9.84 Å². The number of anilines is 1. The number of amides is 1. The van der Waals surface area contributed by atoms with Crippen LogP contribution in [-0.2, 0) is 14.6 Å². The molecule has 0 radical (unpaired) electrons. The number of benzene rings is 2. The second-order valence-corrected chi connectivity index (χ2v) is 7.05. The molecule has 0 fully saturated rings. The lowest BCUT2D eigenvalue weighted by molar-refractivity contribution is -0.114. The van der Waals surface area contributed by atoms with E-state index in [4.69, 9.17) is 5.73 Å². The fraction of sp³-hybridized carbons (Fsp3) is 0.188. The Labute approximate surface area is 130 Å². The highest BCUT2D eigenvalue weighted by molar-refractivity contribution is 7.91. The van der Waals surface area contributed by atoms with Gasteiger partial charge in [0.2, 0.25) is 15.7 Å². The fourth-order valence-electron chi connectivity index (χ4n) is 2.15. The zero-order valence-corrected chi connectivity index (χ0v) is 13.3. The Morgan fingerprint density at radius 1 is 1.00 bits per heavy atom. The van der Waals surface area contributed by atoms with Crippen molar-refractivity contribution in [2.24, 2.45) is 5.73 Å². The lowest BCUT2D eigenvalue weighted by Gasteiger charge is -2.08. The predicted octanol–water partition coefficient (Wildman–Crippen LogP) is 2.03. The normalized spacial score (nSPS) is 11.2. The van der Waals surface area contributed by atoms with E-state index in [-0.39, 0.29) is 22.2 Å². The lowest BCUT2D eigenvalue weighted by atomic mass is 10.2. The van der Waals surface area contributed by atoms with Gasteiger partial charge in [0.1, 0.15) is 0 Å². The second-order valence-electron chi connectivity index (χ2n) is 5.10. The molecular formula is C16H18N2O3S. The van der Waals surface area contributed by atoms with Gasteiger partial charge in [0.05, 0.1) is 16.3 Å². The molecule has 5 nitrogen and oxygen atoms in total. The van der Waals surface area contributed by atoms with Crippen LogP contribution >= 0.6 is 0 Å². The van der Waals surface area contributed by atoms with Crippen LogP contribution in [0.3, 0.4) is 0 Å². The first-order chi connectivity index (χ1) is 10.3. The van der Waals surface area contributed by atoms with Crippen LogP contribution < -0.4 is 11.1 Å². The first-order valence-electron chi connectivity index (χ1n) is 6.76. The zero-order chi connectivity index (χ0) is 16.3. The van der Waals surface area contributed by atoms with E-state index in [1.807, 2.05) is 19.9 Å². The molecule has 116 valence electrons. The maximum atomic E-state index is 12.6. The molecule has 0 aromatic heterocycles. The minimum atomic E-state index is -3.57. The summed E-state index contributed by atoms with van der Waals surface area (Å²) in [5, 5.41) is 2.57. The third kappa shape index (κ3) is 3.52. The van der Waals surface area contributed by atoms with Crippen molar-refractivity contribution >= 4 is 21.4 Å². The summed E-state index contributed by atoms with van der Waals surface area (Å²) >= 11 is 0. The molecule has 0 saturated heterocycles. The van der Waals surface area contributed by atoms with Gasteiger partial charge in [0.25, 0.3) is 0 Å². The molecule has 0 spiro atoms. The minimum Gasteiger partial charge on any atom is -0.325 e. The van der Waals surface area contributed by atoms with Crippen LogP contribution in [0, 0.1) is 13.8 Å². The van der Waals surface area contributed by atoms with Gasteiger partial charge in [-0.05, 0) is 61.4 Å². The van der Waals surface area contributed by atoms with E-state index in [1.54, 1.807) is 24.3 Å². The number of rotatable bonds is 4. The summed E-state index contributed by atoms with van der Waals surface area (Å²) in [6.07, 6.45) is 0. The third-order valence-electron chi connectivity index (χ3n) is 3.14. The van der Waals surface area contributed by atoms with Crippen molar-refractivity contribution < 1.29 is 13.2 Å². The third-order valence-corrected chi connectivity index (χ3v) is 4.89. The van der Waals surface area contributed by atoms with Crippen LogP contribution in [0.4, 0.5) is 5.69 Å². The summed E-state index contributed by atoms with van der Waals surface area (Å²) in [5.74, 6) is -0.329. The van der Waals surface area contributed by atoms with Gasteiger partial charge in [-0.2, -0.15) is 0 Å². The molecule has 0 heterocycles. The summed E-state index contributed by atoms with van der Waals surface area (Å²) in [6, 6.07) is 11.2. The lowest BCUT2D eigenvalue weighted by Crippen LogP contribution is -2.21. The molecule has 0 saturated carbocycles. The van der Waals surface area contributed by atoms with Crippen LogP contribution in [0.5, 0.6) is 0 Å². The van der Waals surface area contributed by atoms with Crippen LogP contribution in [0.2, 0.25) is 0 Å². The van der Waals surface area contributed by atoms with E-state index in [1.165, 1.54) is 12.1 Å². The Hall–Kier alpha value is -2.18. The summed E-state index contributed by atoms with van der Waals surface area (Å²) in [5.41, 5.74) is 7.51. The van der Waals surface area contributed by atoms with Crippen molar-refractivity contribution in [3.8, 4) is 0 Å². The van der Waals surface area contributed by atoms with Crippen LogP contribution in [0.1, 0.15) is 11.1 Å². The molecule has 1 amide bonds. The predicted molar refractivity (Wildman–Crippen MR) is 85.5 cm³/mol. The van der Waals surface area contributed by atoms with Crippen molar-refractivity contribution in [1.29, 1.82) is 0 Å². The largest absolute Gasteiger partial charge is 0.325 e. The number of carbonyl (C=O) groups excluding carboxylic acids is 1. The van der Waals surface area contributed by atoms with Gasteiger partial charge in [-0.1, -0.05) is 6.07 Å². The maximum absolute atomic E-state index is 12.6. The molecule has 0 aliphatic heterocycles. The number of sulfone groups is 1. The van der Waals surface area contributed by atoms with Crippen molar-refractivity contribution in [3.05, 3.63) is 53.6 Å². The van der Waals surface area contributed by atoms with Crippen molar-refractivity contribution in [1.82, 2.24) is 0 Å². The fourth-order valence-corrected chi connectivity index (χ4v) is 3.60. The van der Waals surface area contributed by atoms with Gasteiger partial charge in [-0.25, -0.2) is 8.42 Å². The summed E-state index contributed by atoms with van der Waals surface area (Å²) in [7, 11) is -3.57. The molecule has 2 aromatic rings. The standard InChI is InChI=1S/C16H18N2O3S/c1-11-7-12(2)9-15(8-11)22(20,21)14-5-3-13(4-6-14)18-16(19)10-17/h3-9H,10,17H2,1-2H3,(H,18,19). The van der Waals surface area contributed by atoms with Gasteiger partial charge >= 0.3 is 0 Å². The second kappa shape index (κ2) is 6.29. The number of nitrogens with two attached hydrogens (primary N) is 1. The van der Waals surface area contributed by atoms with Gasteiger partial charge in [-0.3, -0.25) is 4.79 Å². The smallest absolute Gasteiger partial charge is 0.238 e. The molecule has 3 N–H and O–H groups in total. The van der Waals surface area contributed by atoms with E-state index >= 15 is 0 Å². The first-order valence-corrected chi connectivity index (χ1v) is 8.24. The summed E-state index contributed by atoms with van der Waals surface area (Å²) in [4.78, 5) is 11.7. The molecular weight excluding hydrogens is 300 g/mol. The zero-order valence-electron chi connectivity index (χ0n) is 12.5. The molecule has 6 heteroatoms. The SMILES string of the molecule is Cc1cc(C)cc(S(=O)(=O)c2ccc(NC(=O)CN)cc2)c1. The molecule has 0 aliphatic carbocycles. The number of aryl methyl sites for hydroxylation is 2. The molecule has 0 atom stereocenters. The van der Waals surface area contributed by atoms with Crippen LogP contribution in [-0.4, -0.2) is 20.9 Å². The molecule has 2 aromatic carbocycles. The Bertz CT molecular complexity index is 776. The van der Waals surface area contributed by atoms with Crippen LogP contribution in [0.15, 0.2) is 52.3 Å². The molecule has 22 heavy (non-hydrogen) atoms. The molecule has 2 rings (SSSR count). The molecule has 0 unspecified atom stereocenters. The van der Waals surface area contributed by atoms with E-state index in [9.17, 15) is 13.2 Å². The molecule has 0 bridgehead atoms. The number of hydrogen-bond acceptors (Lipinski definition) is 4. The Morgan fingerprint density at radius 2 is 1.55 bits per heavy atom. The highest BCUT2D eigenvalue weighted by Gasteiger charge is 2.18. The topological polar surface area (TPSA) is 89.3 Å². The number of carbonyl (C=O) groups is 1. The van der Waals surface area contributed by atoms with E-state index in [2.05, 4.69) is 5.32 Å². The average Bonchev–Trinajstić information content (AvgIpc) is 2.46. The summed E-state index contributed by atoms with van der Waals surface area (Å²) in [6.45, 7) is 3.59. The number of nitrogens with one attached hydrogen (secondary N) is 1. The summed E-state index contributed by atoms with van der Waals surface area (Å²) < 4.78 is 25.2. The van der Waals surface area contributed by atoms with Crippen molar-refractivity contribution in [2.45, 2.75) is 23.6 Å². The molecule has 0 aliphatic rings. The highest BCUT2D eigenvalue weighted by atomic mass is 32.2. The monoisotopic (exact) mass is 318 g/mol. The maximum Gasteiger partial charge on any atom is 0.238 e. The van der Waals surface area contributed by atoms with Gasteiger partial charge in [0.15, 0.2) is 0 Å². The van der Waals surface area contributed by atoms with Crippen molar-refractivity contribution in [2.75, 3.05) is 11.9 Å².